The van der Waals surface area contributed by atoms with E-state index >= 15 is 0 Å². The fraction of sp³-hybridized carbons (Fsp3) is 0.294. The molecule has 1 fully saturated rings. The Balaban J connectivity index is 1.82. The van der Waals surface area contributed by atoms with Crippen LogP contribution in [0.5, 0.6) is 0 Å². The van der Waals surface area contributed by atoms with E-state index < -0.39 is 30.0 Å². The molecule has 148 valence electrons. The van der Waals surface area contributed by atoms with Crippen molar-refractivity contribution in [3.8, 4) is 10.6 Å². The predicted molar refractivity (Wildman–Crippen MR) is 100 cm³/mol. The van der Waals surface area contributed by atoms with Crippen molar-refractivity contribution in [1.82, 2.24) is 9.88 Å². The van der Waals surface area contributed by atoms with Crippen molar-refractivity contribution in [2.24, 2.45) is 11.5 Å². The number of urea groups is 2. The zero-order valence-electron chi connectivity index (χ0n) is 14.7. The Morgan fingerprint density at radius 3 is 2.61 bits per heavy atom. The highest BCUT2D eigenvalue weighted by molar-refractivity contribution is 7.19. The summed E-state index contributed by atoms with van der Waals surface area (Å²) in [6.45, 7) is 0.692. The Bertz CT molecular complexity index is 901. The summed E-state index contributed by atoms with van der Waals surface area (Å²) in [6, 6.07) is 4.09. The zero-order valence-corrected chi connectivity index (χ0v) is 15.5. The van der Waals surface area contributed by atoms with Crippen molar-refractivity contribution >= 4 is 34.4 Å². The number of esters is 1. The molecule has 1 unspecified atom stereocenters. The Labute approximate surface area is 163 Å². The number of thiazole rings is 1. The largest absolute Gasteiger partial charge is 0.456 e. The molecule has 2 heterocycles. The summed E-state index contributed by atoms with van der Waals surface area (Å²) < 4.78 is 18.6. The number of rotatable bonds is 4. The van der Waals surface area contributed by atoms with Gasteiger partial charge in [0.05, 0.1) is 6.54 Å². The van der Waals surface area contributed by atoms with E-state index in [0.29, 0.717) is 30.0 Å². The summed E-state index contributed by atoms with van der Waals surface area (Å²) in [5.74, 6) is -1.17. The number of benzene rings is 1. The van der Waals surface area contributed by atoms with E-state index in [1.807, 2.05) is 0 Å². The van der Waals surface area contributed by atoms with Gasteiger partial charge in [0.15, 0.2) is 5.69 Å². The summed E-state index contributed by atoms with van der Waals surface area (Å²) in [7, 11) is 0. The Morgan fingerprint density at radius 1 is 1.25 bits per heavy atom. The molecular weight excluding hydrogens is 389 g/mol. The first-order valence-electron chi connectivity index (χ1n) is 8.42. The third kappa shape index (κ3) is 4.55. The Hall–Kier alpha value is -3.21. The molecule has 0 spiro atoms. The van der Waals surface area contributed by atoms with Crippen LogP contribution in [0.25, 0.3) is 10.6 Å². The number of anilines is 1. The molecule has 0 bridgehead atoms. The van der Waals surface area contributed by atoms with Gasteiger partial charge in [-0.05, 0) is 37.1 Å². The standard InChI is InChI=1S/C17H18FN5O4S/c18-10-5-3-9(4-6-10)13-21-12(14(28-13)22-16(19)25)15(24)27-11-2-1-7-23(8-11)17(20)26/h3-6,11H,1-2,7-8H2,(H2,20,26)(H3,19,22,25). The molecule has 1 aliphatic rings. The first kappa shape index (κ1) is 19.5. The van der Waals surface area contributed by atoms with Crippen molar-refractivity contribution in [2.75, 3.05) is 18.4 Å². The zero-order chi connectivity index (χ0) is 20.3. The van der Waals surface area contributed by atoms with Gasteiger partial charge in [0.2, 0.25) is 0 Å². The molecule has 1 saturated heterocycles. The number of hydrogen-bond donors (Lipinski definition) is 3. The minimum atomic E-state index is -0.860. The van der Waals surface area contributed by atoms with Crippen LogP contribution in [0.15, 0.2) is 24.3 Å². The molecule has 2 aromatic rings. The van der Waals surface area contributed by atoms with Gasteiger partial charge in [-0.15, -0.1) is 0 Å². The number of aromatic nitrogens is 1. The number of piperidine rings is 1. The average molecular weight is 407 g/mol. The Morgan fingerprint density at radius 2 is 1.96 bits per heavy atom. The number of primary amides is 2. The van der Waals surface area contributed by atoms with Gasteiger partial charge in [-0.25, -0.2) is 23.8 Å². The van der Waals surface area contributed by atoms with Crippen LogP contribution in [0.4, 0.5) is 19.0 Å². The maximum absolute atomic E-state index is 13.1. The van der Waals surface area contributed by atoms with Crippen molar-refractivity contribution < 1.29 is 23.5 Å². The van der Waals surface area contributed by atoms with Crippen molar-refractivity contribution in [3.05, 3.63) is 35.8 Å². The lowest BCUT2D eigenvalue weighted by Gasteiger charge is -2.30. The molecule has 9 nitrogen and oxygen atoms in total. The number of hydrogen-bond acceptors (Lipinski definition) is 6. The predicted octanol–water partition coefficient (Wildman–Crippen LogP) is 2.14. The highest BCUT2D eigenvalue weighted by Crippen LogP contribution is 2.33. The van der Waals surface area contributed by atoms with Gasteiger partial charge in [-0.3, -0.25) is 5.32 Å². The van der Waals surface area contributed by atoms with E-state index in [-0.39, 0.29) is 17.2 Å². The number of nitrogens with one attached hydrogen (secondary N) is 1. The lowest BCUT2D eigenvalue weighted by Crippen LogP contribution is -2.46. The molecule has 1 aromatic carbocycles. The SMILES string of the molecule is NC(=O)Nc1sc(-c2ccc(F)cc2)nc1C(=O)OC1CCCN(C(N)=O)C1. The highest BCUT2D eigenvalue weighted by Gasteiger charge is 2.28. The second-order valence-electron chi connectivity index (χ2n) is 6.15. The van der Waals surface area contributed by atoms with Crippen molar-refractivity contribution in [2.45, 2.75) is 18.9 Å². The number of carbonyl (C=O) groups excluding carboxylic acids is 3. The maximum Gasteiger partial charge on any atom is 0.360 e. The summed E-state index contributed by atoms with van der Waals surface area (Å²) in [5.41, 5.74) is 10.9. The monoisotopic (exact) mass is 407 g/mol. The normalized spacial score (nSPS) is 16.5. The topological polar surface area (TPSA) is 141 Å². The van der Waals surface area contributed by atoms with Gasteiger partial charge in [-0.1, -0.05) is 11.3 Å². The molecule has 1 aliphatic heterocycles. The summed E-state index contributed by atoms with van der Waals surface area (Å²) >= 11 is 1.01. The molecule has 11 heteroatoms. The first-order chi connectivity index (χ1) is 13.3. The van der Waals surface area contributed by atoms with Crippen LogP contribution in [0.2, 0.25) is 0 Å². The van der Waals surface area contributed by atoms with Gasteiger partial charge in [0.25, 0.3) is 0 Å². The Kier molecular flexibility index (Phi) is 5.73. The maximum atomic E-state index is 13.1. The van der Waals surface area contributed by atoms with E-state index in [9.17, 15) is 18.8 Å². The van der Waals surface area contributed by atoms with E-state index in [4.69, 9.17) is 16.2 Å². The highest BCUT2D eigenvalue weighted by atomic mass is 32.1. The fourth-order valence-corrected chi connectivity index (χ4v) is 3.77. The summed E-state index contributed by atoms with van der Waals surface area (Å²) in [6.07, 6.45) is 0.681. The van der Waals surface area contributed by atoms with Gasteiger partial charge < -0.3 is 21.1 Å². The lowest BCUT2D eigenvalue weighted by atomic mass is 10.1. The lowest BCUT2D eigenvalue weighted by molar-refractivity contribution is 0.0124. The fourth-order valence-electron chi connectivity index (χ4n) is 2.81. The second-order valence-corrected chi connectivity index (χ2v) is 7.15. The molecule has 3 rings (SSSR count). The average Bonchev–Trinajstić information content (AvgIpc) is 3.05. The van der Waals surface area contributed by atoms with Gasteiger partial charge in [0, 0.05) is 12.1 Å². The molecule has 0 saturated carbocycles. The summed E-state index contributed by atoms with van der Waals surface area (Å²) in [4.78, 5) is 40.8. The van der Waals surface area contributed by atoms with E-state index in [1.165, 1.54) is 29.2 Å². The van der Waals surface area contributed by atoms with E-state index in [2.05, 4.69) is 10.3 Å². The third-order valence-electron chi connectivity index (χ3n) is 4.11. The molecule has 28 heavy (non-hydrogen) atoms. The first-order valence-corrected chi connectivity index (χ1v) is 9.23. The minimum Gasteiger partial charge on any atom is -0.456 e. The molecule has 0 radical (unpaired) electrons. The number of amides is 4. The van der Waals surface area contributed by atoms with Crippen LogP contribution in [0, 0.1) is 5.82 Å². The number of nitrogens with zero attached hydrogens (tertiary/aromatic N) is 2. The van der Waals surface area contributed by atoms with Crippen LogP contribution in [0.3, 0.4) is 0 Å². The van der Waals surface area contributed by atoms with Crippen LogP contribution in [-0.2, 0) is 4.74 Å². The van der Waals surface area contributed by atoms with E-state index in [1.54, 1.807) is 0 Å². The van der Waals surface area contributed by atoms with Crippen LogP contribution < -0.4 is 16.8 Å². The minimum absolute atomic E-state index is 0.112. The van der Waals surface area contributed by atoms with Crippen LogP contribution in [-0.4, -0.2) is 47.1 Å². The summed E-state index contributed by atoms with van der Waals surface area (Å²) in [5, 5.41) is 2.87. The number of likely N-dealkylation sites (tertiary alicyclic amines) is 1. The molecule has 1 atom stereocenters. The van der Waals surface area contributed by atoms with Gasteiger partial charge >= 0.3 is 18.0 Å². The quantitative estimate of drug-likeness (QED) is 0.666. The third-order valence-corrected chi connectivity index (χ3v) is 5.13. The van der Waals surface area contributed by atoms with Crippen molar-refractivity contribution in [3.63, 3.8) is 0 Å². The van der Waals surface area contributed by atoms with E-state index in [0.717, 1.165) is 11.3 Å². The van der Waals surface area contributed by atoms with Crippen LogP contribution in [0.1, 0.15) is 23.3 Å². The number of halogens is 1. The van der Waals surface area contributed by atoms with Crippen molar-refractivity contribution in [1.29, 1.82) is 0 Å². The molecule has 5 N–H and O–H groups in total. The molecule has 1 aromatic heterocycles. The molecule has 0 aliphatic carbocycles. The number of ether oxygens (including phenoxy) is 1. The van der Waals surface area contributed by atoms with Crippen LogP contribution >= 0.6 is 11.3 Å². The van der Waals surface area contributed by atoms with Gasteiger partial charge in [-0.2, -0.15) is 0 Å². The van der Waals surface area contributed by atoms with Gasteiger partial charge in [0.1, 0.15) is 21.9 Å². The smallest absolute Gasteiger partial charge is 0.360 e. The molecular formula is C17H18FN5O4S. The second kappa shape index (κ2) is 8.21. The molecule has 4 amide bonds. The number of carbonyl (C=O) groups is 3. The number of nitrogens with two attached hydrogens (primary N) is 2.